The summed E-state index contributed by atoms with van der Waals surface area (Å²) in [6.45, 7) is 3.99. The highest BCUT2D eigenvalue weighted by Crippen LogP contribution is 2.35. The Bertz CT molecular complexity index is 387. The Morgan fingerprint density at radius 2 is 2.00 bits per heavy atom. The molecule has 2 atom stereocenters. The lowest BCUT2D eigenvalue weighted by Gasteiger charge is -2.15. The van der Waals surface area contributed by atoms with Crippen molar-refractivity contribution in [3.8, 4) is 0 Å². The molecule has 0 aliphatic carbocycles. The topological polar surface area (TPSA) is 63.6 Å². The fourth-order valence-electron chi connectivity index (χ4n) is 1.39. The van der Waals surface area contributed by atoms with Gasteiger partial charge in [0, 0.05) is 19.1 Å². The molecule has 0 spiro atoms. The van der Waals surface area contributed by atoms with Crippen LogP contribution in [0.25, 0.3) is 0 Å². The highest BCUT2D eigenvalue weighted by Gasteiger charge is 2.36. The van der Waals surface area contributed by atoms with Gasteiger partial charge in [-0.2, -0.15) is 0 Å². The van der Waals surface area contributed by atoms with E-state index in [1.807, 2.05) is 6.92 Å². The van der Waals surface area contributed by atoms with Crippen LogP contribution in [0.15, 0.2) is 24.3 Å². The lowest BCUT2D eigenvalue weighted by Crippen LogP contribution is -2.18. The van der Waals surface area contributed by atoms with E-state index >= 15 is 0 Å². The summed E-state index contributed by atoms with van der Waals surface area (Å²) in [6.07, 6.45) is 0. The van der Waals surface area contributed by atoms with Crippen molar-refractivity contribution < 1.29 is 19.2 Å². The van der Waals surface area contributed by atoms with Gasteiger partial charge in [-0.25, -0.2) is 4.79 Å². The maximum atomic E-state index is 11.1. The number of ether oxygens (including phenoxy) is 1. The Hall–Kier alpha value is -1.25. The molecular weight excluding hydrogens is 227 g/mol. The molecule has 1 rings (SSSR count). The number of hydrogen-bond donors (Lipinski definition) is 1. The molecule has 0 amide bonds. The zero-order valence-electron chi connectivity index (χ0n) is 9.19. The predicted molar refractivity (Wildman–Crippen MR) is 61.4 cm³/mol. The van der Waals surface area contributed by atoms with Crippen molar-refractivity contribution in [2.75, 3.05) is 6.61 Å². The van der Waals surface area contributed by atoms with Crippen LogP contribution in [0.2, 0.25) is 0 Å². The van der Waals surface area contributed by atoms with Crippen molar-refractivity contribution in [2.24, 2.45) is 0 Å². The molecule has 0 saturated carbocycles. The minimum atomic E-state index is -0.978. The zero-order chi connectivity index (χ0) is 12.2. The molecular formula is C11H14O4P+. The Morgan fingerprint density at radius 1 is 1.44 bits per heavy atom. The summed E-state index contributed by atoms with van der Waals surface area (Å²) < 4.78 is 16.6. The summed E-state index contributed by atoms with van der Waals surface area (Å²) in [5.41, 5.74) is 0.921. The van der Waals surface area contributed by atoms with E-state index in [9.17, 15) is 9.36 Å². The molecule has 86 valence electrons. The number of rotatable bonds is 5. The van der Waals surface area contributed by atoms with Crippen molar-refractivity contribution in [3.63, 3.8) is 0 Å². The molecule has 0 heterocycles. The molecule has 2 unspecified atom stereocenters. The molecule has 1 aromatic rings. The fourth-order valence-corrected chi connectivity index (χ4v) is 1.88. The van der Waals surface area contributed by atoms with Gasteiger partial charge in [0.2, 0.25) is 0 Å². The molecule has 0 aliphatic rings. The van der Waals surface area contributed by atoms with Crippen molar-refractivity contribution in [2.45, 2.75) is 19.2 Å². The normalized spacial score (nSPS) is 14.6. The molecule has 1 N–H and O–H groups in total. The lowest BCUT2D eigenvalue weighted by atomic mass is 10.1. The van der Waals surface area contributed by atoms with Gasteiger partial charge < -0.3 is 9.84 Å². The molecule has 0 fully saturated rings. The number of carbonyl (C=O) groups is 1. The standard InChI is InChI=1S/C11H13O4P/c1-3-15-11(2,16-14)9-6-4-8(5-7-9)10(12)13/h4-7H,3H2,1-2H3,(H,12,13)/p+1. The van der Waals surface area contributed by atoms with E-state index < -0.39 is 19.8 Å². The Balaban J connectivity index is 3.03. The monoisotopic (exact) mass is 241 g/mol. The second-order valence-electron chi connectivity index (χ2n) is 3.45. The van der Waals surface area contributed by atoms with Crippen molar-refractivity contribution >= 4 is 14.4 Å². The third-order valence-electron chi connectivity index (χ3n) is 2.31. The van der Waals surface area contributed by atoms with Crippen LogP contribution in [0, 0.1) is 0 Å². The summed E-state index contributed by atoms with van der Waals surface area (Å²) in [4.78, 5) is 10.7. The van der Waals surface area contributed by atoms with E-state index in [0.29, 0.717) is 12.2 Å². The van der Waals surface area contributed by atoms with E-state index in [4.69, 9.17) is 9.84 Å². The first-order valence-electron chi connectivity index (χ1n) is 4.90. The van der Waals surface area contributed by atoms with Crippen LogP contribution in [-0.2, 0) is 14.6 Å². The highest BCUT2D eigenvalue weighted by atomic mass is 31.1. The zero-order valence-corrected chi connectivity index (χ0v) is 10.2. The molecule has 0 saturated heterocycles. The lowest BCUT2D eigenvalue weighted by molar-refractivity contribution is 0.0411. The van der Waals surface area contributed by atoms with Gasteiger partial charge >= 0.3 is 14.4 Å². The number of hydrogen-bond acceptors (Lipinski definition) is 3. The predicted octanol–water partition coefficient (Wildman–Crippen LogP) is 2.62. The number of carboxylic acid groups (broad SMARTS) is 1. The first-order valence-corrected chi connectivity index (χ1v) is 5.81. The van der Waals surface area contributed by atoms with Gasteiger partial charge in [0.1, 0.15) is 0 Å². The highest BCUT2D eigenvalue weighted by molar-refractivity contribution is 7.25. The molecule has 5 heteroatoms. The van der Waals surface area contributed by atoms with E-state index in [1.54, 1.807) is 19.1 Å². The second kappa shape index (κ2) is 5.19. The number of benzene rings is 1. The largest absolute Gasteiger partial charge is 0.478 e. The van der Waals surface area contributed by atoms with Crippen molar-refractivity contribution in [1.82, 2.24) is 0 Å². The molecule has 0 aliphatic heterocycles. The quantitative estimate of drug-likeness (QED) is 0.805. The second-order valence-corrected chi connectivity index (χ2v) is 4.61. The SMILES string of the molecule is CCOC(C)([PH+]=O)c1ccc(C(=O)O)cc1. The average molecular weight is 241 g/mol. The first-order chi connectivity index (χ1) is 7.53. The smallest absolute Gasteiger partial charge is 0.364 e. The molecule has 0 bridgehead atoms. The summed E-state index contributed by atoms with van der Waals surface area (Å²) >= 11 is 0. The van der Waals surface area contributed by atoms with Crippen LogP contribution in [-0.4, -0.2) is 17.7 Å². The van der Waals surface area contributed by atoms with Gasteiger partial charge in [-0.3, -0.25) is 0 Å². The summed E-state index contributed by atoms with van der Waals surface area (Å²) in [6, 6.07) is 6.22. The Labute approximate surface area is 95.4 Å². The van der Waals surface area contributed by atoms with Crippen LogP contribution in [0.1, 0.15) is 29.8 Å². The van der Waals surface area contributed by atoms with Crippen molar-refractivity contribution in [3.05, 3.63) is 35.4 Å². The van der Waals surface area contributed by atoms with E-state index in [2.05, 4.69) is 0 Å². The number of carboxylic acids is 1. The minimum absolute atomic E-state index is 0.205. The van der Waals surface area contributed by atoms with Crippen LogP contribution in [0.4, 0.5) is 0 Å². The Kier molecular flexibility index (Phi) is 4.16. The average Bonchev–Trinajstić information content (AvgIpc) is 2.29. The molecule has 16 heavy (non-hydrogen) atoms. The van der Waals surface area contributed by atoms with Gasteiger partial charge in [-0.15, -0.1) is 0 Å². The van der Waals surface area contributed by atoms with Crippen LogP contribution in [0.3, 0.4) is 0 Å². The van der Waals surface area contributed by atoms with Gasteiger partial charge in [-0.05, 0) is 19.1 Å². The summed E-state index contributed by atoms with van der Waals surface area (Å²) in [5.74, 6) is -0.978. The summed E-state index contributed by atoms with van der Waals surface area (Å²) in [7, 11) is -0.642. The van der Waals surface area contributed by atoms with E-state index in [0.717, 1.165) is 0 Å². The van der Waals surface area contributed by atoms with E-state index in [1.165, 1.54) is 12.1 Å². The fraction of sp³-hybridized carbons (Fsp3) is 0.364. The van der Waals surface area contributed by atoms with Crippen LogP contribution >= 0.6 is 8.46 Å². The molecule has 0 aromatic heterocycles. The van der Waals surface area contributed by atoms with Crippen LogP contribution < -0.4 is 0 Å². The van der Waals surface area contributed by atoms with Gasteiger partial charge in [0.15, 0.2) is 0 Å². The molecule has 0 radical (unpaired) electrons. The maximum Gasteiger partial charge on any atom is 0.364 e. The molecule has 4 nitrogen and oxygen atoms in total. The van der Waals surface area contributed by atoms with Gasteiger partial charge in [0.25, 0.3) is 5.34 Å². The van der Waals surface area contributed by atoms with Gasteiger partial charge in [-0.1, -0.05) is 16.7 Å². The first kappa shape index (κ1) is 12.8. The Morgan fingerprint density at radius 3 is 2.38 bits per heavy atom. The third kappa shape index (κ3) is 2.65. The number of aromatic carboxylic acids is 1. The van der Waals surface area contributed by atoms with Crippen LogP contribution in [0.5, 0.6) is 0 Å². The maximum absolute atomic E-state index is 11.1. The molecule has 1 aromatic carbocycles. The van der Waals surface area contributed by atoms with E-state index in [-0.39, 0.29) is 5.56 Å². The van der Waals surface area contributed by atoms with Gasteiger partial charge in [0.05, 0.1) is 5.56 Å². The van der Waals surface area contributed by atoms with Crippen molar-refractivity contribution in [1.29, 1.82) is 0 Å². The minimum Gasteiger partial charge on any atom is -0.478 e. The third-order valence-corrected chi connectivity index (χ3v) is 3.13. The summed E-state index contributed by atoms with van der Waals surface area (Å²) in [5, 5.41) is 7.89.